The van der Waals surface area contributed by atoms with Crippen LogP contribution >= 0.6 is 0 Å². The predicted molar refractivity (Wildman–Crippen MR) is 94.2 cm³/mol. The van der Waals surface area contributed by atoms with Crippen LogP contribution in [0, 0.1) is 35.0 Å². The largest absolute Gasteiger partial charge is 0.0879 e. The topological polar surface area (TPSA) is 0 Å². The van der Waals surface area contributed by atoms with Crippen LogP contribution in [-0.4, -0.2) is 0 Å². The first-order valence-electron chi connectivity index (χ1n) is 9.28. The Morgan fingerprint density at radius 3 is 2.48 bits per heavy atom. The molecule has 0 N–H and O–H groups in total. The smallest absolute Gasteiger partial charge is 0.0144 e. The van der Waals surface area contributed by atoms with Crippen LogP contribution in [0.25, 0.3) is 0 Å². The molecule has 0 nitrogen and oxygen atoms in total. The van der Waals surface area contributed by atoms with Crippen LogP contribution in [0.4, 0.5) is 0 Å². The van der Waals surface area contributed by atoms with Crippen molar-refractivity contribution in [1.82, 2.24) is 0 Å². The lowest BCUT2D eigenvalue weighted by atomic mass is 9.58. The molecule has 21 heavy (non-hydrogen) atoms. The van der Waals surface area contributed by atoms with Crippen LogP contribution in [0.2, 0.25) is 0 Å². The lowest BCUT2D eigenvalue weighted by Crippen LogP contribution is -2.38. The molecule has 0 aromatic rings. The summed E-state index contributed by atoms with van der Waals surface area (Å²) >= 11 is 0. The van der Waals surface area contributed by atoms with Crippen molar-refractivity contribution in [2.24, 2.45) is 35.0 Å². The first kappa shape index (κ1) is 16.8. The van der Waals surface area contributed by atoms with Crippen LogP contribution in [0.15, 0.2) is 23.8 Å². The molecule has 0 radical (unpaired) electrons. The van der Waals surface area contributed by atoms with Gasteiger partial charge in [-0.25, -0.2) is 0 Å². The van der Waals surface area contributed by atoms with Gasteiger partial charge in [0, 0.05) is 0 Å². The average Bonchev–Trinajstić information content (AvgIpc) is 2.78. The summed E-state index contributed by atoms with van der Waals surface area (Å²) in [6, 6.07) is 0. The van der Waals surface area contributed by atoms with Gasteiger partial charge in [-0.1, -0.05) is 58.4 Å². The number of rotatable bonds is 4. The zero-order chi connectivity index (χ0) is 15.6. The minimum Gasteiger partial charge on any atom is -0.0879 e. The molecule has 0 aliphatic heterocycles. The molecule has 0 aromatic heterocycles. The van der Waals surface area contributed by atoms with E-state index in [1.807, 2.05) is 0 Å². The quantitative estimate of drug-likeness (QED) is 0.509. The Morgan fingerprint density at radius 1 is 1.19 bits per heavy atom. The molecule has 120 valence electrons. The van der Waals surface area contributed by atoms with E-state index in [2.05, 4.69) is 59.8 Å². The highest BCUT2D eigenvalue weighted by atomic mass is 14.6. The minimum atomic E-state index is 0.552. The van der Waals surface area contributed by atoms with Gasteiger partial charge in [-0.15, -0.1) is 0 Å². The summed E-state index contributed by atoms with van der Waals surface area (Å²) in [5.41, 5.74) is 2.32. The predicted octanol–water partition coefficient (Wildman–Crippen LogP) is 6.63. The summed E-state index contributed by atoms with van der Waals surface area (Å²) in [5, 5.41) is 0. The second-order valence-electron chi connectivity index (χ2n) is 8.17. The molecule has 2 aliphatic rings. The van der Waals surface area contributed by atoms with Gasteiger partial charge < -0.3 is 0 Å². The van der Waals surface area contributed by atoms with Crippen LogP contribution in [-0.2, 0) is 0 Å². The number of hydrogen-bond donors (Lipinski definition) is 0. The van der Waals surface area contributed by atoms with E-state index in [1.165, 1.54) is 32.1 Å². The fourth-order valence-electron chi connectivity index (χ4n) is 5.32. The van der Waals surface area contributed by atoms with E-state index in [0.29, 0.717) is 11.3 Å². The molecule has 0 bridgehead atoms. The molecule has 0 heterocycles. The Hall–Kier alpha value is -0.520. The Labute approximate surface area is 133 Å². The van der Waals surface area contributed by atoms with Crippen molar-refractivity contribution in [2.75, 3.05) is 0 Å². The molecule has 0 amide bonds. The Morgan fingerprint density at radius 2 is 1.90 bits per heavy atom. The SMILES string of the molecule is C/C=C1\C(C)CCC2(C)C1CCC2C(/C=C\C(C)C)CC. The fourth-order valence-corrected chi connectivity index (χ4v) is 5.32. The van der Waals surface area contributed by atoms with Crippen molar-refractivity contribution in [2.45, 2.75) is 73.6 Å². The zero-order valence-corrected chi connectivity index (χ0v) is 15.2. The summed E-state index contributed by atoms with van der Waals surface area (Å²) in [6.07, 6.45) is 14.4. The number of fused-ring (bicyclic) bond motifs is 1. The average molecular weight is 289 g/mol. The van der Waals surface area contributed by atoms with E-state index in [-0.39, 0.29) is 0 Å². The van der Waals surface area contributed by atoms with E-state index < -0.39 is 0 Å². The summed E-state index contributed by atoms with van der Waals surface area (Å²) in [4.78, 5) is 0. The zero-order valence-electron chi connectivity index (χ0n) is 15.2. The van der Waals surface area contributed by atoms with Crippen molar-refractivity contribution < 1.29 is 0 Å². The first-order valence-corrected chi connectivity index (χ1v) is 9.28. The van der Waals surface area contributed by atoms with Crippen LogP contribution < -0.4 is 0 Å². The molecular weight excluding hydrogens is 252 g/mol. The minimum absolute atomic E-state index is 0.552. The lowest BCUT2D eigenvalue weighted by Gasteiger charge is -2.46. The molecule has 2 rings (SSSR count). The van der Waals surface area contributed by atoms with E-state index in [4.69, 9.17) is 0 Å². The van der Waals surface area contributed by atoms with Crippen molar-refractivity contribution in [3.63, 3.8) is 0 Å². The normalized spacial score (nSPS) is 40.1. The number of allylic oxidation sites excluding steroid dienone is 4. The van der Waals surface area contributed by atoms with Crippen LogP contribution in [0.3, 0.4) is 0 Å². The van der Waals surface area contributed by atoms with Crippen molar-refractivity contribution >= 4 is 0 Å². The maximum absolute atomic E-state index is 2.61. The highest BCUT2D eigenvalue weighted by Gasteiger charge is 2.51. The van der Waals surface area contributed by atoms with Crippen molar-refractivity contribution in [3.05, 3.63) is 23.8 Å². The van der Waals surface area contributed by atoms with E-state index in [9.17, 15) is 0 Å². The molecule has 0 aromatic carbocycles. The molecule has 0 saturated heterocycles. The van der Waals surface area contributed by atoms with Gasteiger partial charge in [0.05, 0.1) is 0 Å². The molecule has 0 heteroatoms. The maximum Gasteiger partial charge on any atom is -0.0144 e. The van der Waals surface area contributed by atoms with Gasteiger partial charge in [-0.3, -0.25) is 0 Å². The third-order valence-electron chi connectivity index (χ3n) is 6.56. The van der Waals surface area contributed by atoms with Crippen LogP contribution in [0.5, 0.6) is 0 Å². The van der Waals surface area contributed by atoms with Gasteiger partial charge in [-0.05, 0) is 74.0 Å². The summed E-state index contributed by atoms with van der Waals surface area (Å²) in [6.45, 7) is 14.3. The van der Waals surface area contributed by atoms with Gasteiger partial charge in [-0.2, -0.15) is 0 Å². The van der Waals surface area contributed by atoms with E-state index >= 15 is 0 Å². The molecule has 0 spiro atoms. The number of hydrogen-bond acceptors (Lipinski definition) is 0. The maximum atomic E-state index is 2.61. The van der Waals surface area contributed by atoms with Crippen LogP contribution in [0.1, 0.15) is 73.6 Å². The fraction of sp³-hybridized carbons (Fsp3) is 0.810. The van der Waals surface area contributed by atoms with Gasteiger partial charge >= 0.3 is 0 Å². The molecule has 2 aliphatic carbocycles. The highest BCUT2D eigenvalue weighted by molar-refractivity contribution is 5.21. The lowest BCUT2D eigenvalue weighted by molar-refractivity contribution is 0.0913. The van der Waals surface area contributed by atoms with Gasteiger partial charge in [0.25, 0.3) is 0 Å². The molecule has 2 saturated carbocycles. The van der Waals surface area contributed by atoms with Gasteiger partial charge in [0.1, 0.15) is 0 Å². The Balaban J connectivity index is 2.23. The molecule has 5 atom stereocenters. The van der Waals surface area contributed by atoms with Crippen molar-refractivity contribution in [1.29, 1.82) is 0 Å². The molecular formula is C21H36. The van der Waals surface area contributed by atoms with Gasteiger partial charge in [0.2, 0.25) is 0 Å². The third-order valence-corrected chi connectivity index (χ3v) is 6.56. The Bertz CT molecular complexity index is 400. The molecule has 5 unspecified atom stereocenters. The van der Waals surface area contributed by atoms with Gasteiger partial charge in [0.15, 0.2) is 0 Å². The Kier molecular flexibility index (Phi) is 5.38. The van der Waals surface area contributed by atoms with E-state index in [0.717, 1.165) is 23.7 Å². The summed E-state index contributed by atoms with van der Waals surface area (Å²) in [7, 11) is 0. The third kappa shape index (κ3) is 3.15. The second kappa shape index (κ2) is 6.71. The van der Waals surface area contributed by atoms with Crippen molar-refractivity contribution in [3.8, 4) is 0 Å². The summed E-state index contributed by atoms with van der Waals surface area (Å²) in [5.74, 6) is 4.04. The van der Waals surface area contributed by atoms with E-state index in [1.54, 1.807) is 5.57 Å². The summed E-state index contributed by atoms with van der Waals surface area (Å²) < 4.78 is 0. The monoisotopic (exact) mass is 288 g/mol. The molecule has 2 fully saturated rings. The first-order chi connectivity index (χ1) is 9.93. The highest BCUT2D eigenvalue weighted by Crippen LogP contribution is 2.61. The standard InChI is InChI=1S/C21H36/c1-7-17(10-9-15(3)4)19-11-12-20-18(8-2)16(5)13-14-21(19,20)6/h8-10,15-17,19-20H,7,11-14H2,1-6H3/b10-9-,18-8+. The second-order valence-corrected chi connectivity index (χ2v) is 8.17.